The van der Waals surface area contributed by atoms with E-state index < -0.39 is 6.10 Å². The van der Waals surface area contributed by atoms with E-state index >= 15 is 0 Å². The molecule has 0 spiro atoms. The SMILES string of the molecule is CC/C=C\C/C=C\C/C=C\CCCCCCC(=O)OCC(COC(=O)CCCCCCCCC/C=C\CCCCCCCCCC)OC(=O)CCCCCCCCCCCCCCCCCCCCC. The zero-order valence-electron chi connectivity index (χ0n) is 46.8. The number of carbonyl (C=O) groups excluding carboxylic acids is 3. The Balaban J connectivity index is 4.34. The highest BCUT2D eigenvalue weighted by Gasteiger charge is 2.19. The van der Waals surface area contributed by atoms with Crippen molar-refractivity contribution in [2.75, 3.05) is 13.2 Å². The minimum Gasteiger partial charge on any atom is -0.462 e. The molecule has 1 atom stereocenters. The molecule has 0 bridgehead atoms. The Labute approximate surface area is 435 Å². The van der Waals surface area contributed by atoms with Crippen molar-refractivity contribution in [3.8, 4) is 0 Å². The fourth-order valence-corrected chi connectivity index (χ4v) is 8.98. The monoisotopic (exact) mass is 981 g/mol. The van der Waals surface area contributed by atoms with Gasteiger partial charge >= 0.3 is 17.9 Å². The number of carbonyl (C=O) groups is 3. The highest BCUT2D eigenvalue weighted by atomic mass is 16.6. The summed E-state index contributed by atoms with van der Waals surface area (Å²) in [5.74, 6) is -0.888. The molecule has 0 aromatic heterocycles. The molecule has 0 fully saturated rings. The topological polar surface area (TPSA) is 78.9 Å². The number of hydrogen-bond acceptors (Lipinski definition) is 6. The predicted molar refractivity (Wildman–Crippen MR) is 302 cm³/mol. The van der Waals surface area contributed by atoms with Crippen molar-refractivity contribution in [3.05, 3.63) is 48.6 Å². The zero-order chi connectivity index (χ0) is 50.7. The van der Waals surface area contributed by atoms with Gasteiger partial charge in [0, 0.05) is 19.3 Å². The van der Waals surface area contributed by atoms with Crippen LogP contribution in [-0.2, 0) is 28.6 Å². The Morgan fingerprint density at radius 1 is 0.300 bits per heavy atom. The molecule has 0 aliphatic heterocycles. The van der Waals surface area contributed by atoms with E-state index in [9.17, 15) is 14.4 Å². The highest BCUT2D eigenvalue weighted by molar-refractivity contribution is 5.71. The van der Waals surface area contributed by atoms with Crippen LogP contribution in [0.15, 0.2) is 48.6 Å². The number of unbranched alkanes of at least 4 members (excludes halogenated alkanes) is 37. The lowest BCUT2D eigenvalue weighted by atomic mass is 10.0. The van der Waals surface area contributed by atoms with E-state index in [1.54, 1.807) is 0 Å². The van der Waals surface area contributed by atoms with E-state index in [1.807, 2.05) is 0 Å². The summed E-state index contributed by atoms with van der Waals surface area (Å²) in [7, 11) is 0. The Hall–Kier alpha value is -2.63. The molecule has 0 aromatic rings. The lowest BCUT2D eigenvalue weighted by Gasteiger charge is -2.18. The predicted octanol–water partition coefficient (Wildman–Crippen LogP) is 20.6. The summed E-state index contributed by atoms with van der Waals surface area (Å²) in [6.45, 7) is 6.55. The first-order chi connectivity index (χ1) is 34.5. The van der Waals surface area contributed by atoms with Crippen molar-refractivity contribution in [3.63, 3.8) is 0 Å². The minimum atomic E-state index is -0.782. The van der Waals surface area contributed by atoms with Crippen LogP contribution < -0.4 is 0 Å². The summed E-state index contributed by atoms with van der Waals surface area (Å²) < 4.78 is 16.9. The molecule has 0 aliphatic carbocycles. The Bertz CT molecular complexity index is 1220. The first kappa shape index (κ1) is 67.4. The Kier molecular flexibility index (Phi) is 56.7. The van der Waals surface area contributed by atoms with Gasteiger partial charge in [0.2, 0.25) is 0 Å². The number of ether oxygens (including phenoxy) is 3. The summed E-state index contributed by atoms with van der Waals surface area (Å²) in [6, 6.07) is 0. The van der Waals surface area contributed by atoms with Crippen molar-refractivity contribution in [2.24, 2.45) is 0 Å². The van der Waals surface area contributed by atoms with Gasteiger partial charge in [0.1, 0.15) is 13.2 Å². The fraction of sp³-hybridized carbons (Fsp3) is 0.828. The van der Waals surface area contributed by atoms with Crippen LogP contribution in [0.25, 0.3) is 0 Å². The molecule has 408 valence electrons. The number of allylic oxidation sites excluding steroid dienone is 8. The minimum absolute atomic E-state index is 0.0795. The van der Waals surface area contributed by atoms with Gasteiger partial charge in [-0.15, -0.1) is 0 Å². The maximum absolute atomic E-state index is 12.9. The summed E-state index contributed by atoms with van der Waals surface area (Å²) >= 11 is 0. The molecular formula is C64H116O6. The van der Waals surface area contributed by atoms with Crippen molar-refractivity contribution in [1.29, 1.82) is 0 Å². The third-order valence-electron chi connectivity index (χ3n) is 13.6. The van der Waals surface area contributed by atoms with Crippen LogP contribution in [0.4, 0.5) is 0 Å². The zero-order valence-corrected chi connectivity index (χ0v) is 46.8. The van der Waals surface area contributed by atoms with E-state index in [4.69, 9.17) is 14.2 Å². The van der Waals surface area contributed by atoms with Crippen molar-refractivity contribution >= 4 is 17.9 Å². The maximum Gasteiger partial charge on any atom is 0.306 e. The summed E-state index contributed by atoms with van der Waals surface area (Å²) in [6.07, 6.45) is 72.5. The number of hydrogen-bond donors (Lipinski definition) is 0. The molecule has 0 saturated carbocycles. The van der Waals surface area contributed by atoms with E-state index in [1.165, 1.54) is 193 Å². The van der Waals surface area contributed by atoms with E-state index in [-0.39, 0.29) is 31.1 Å². The average Bonchev–Trinajstić information content (AvgIpc) is 3.36. The van der Waals surface area contributed by atoms with Gasteiger partial charge in [-0.3, -0.25) is 14.4 Å². The van der Waals surface area contributed by atoms with E-state index in [0.717, 1.165) is 89.9 Å². The average molecular weight is 982 g/mol. The van der Waals surface area contributed by atoms with Crippen molar-refractivity contribution < 1.29 is 28.6 Å². The highest BCUT2D eigenvalue weighted by Crippen LogP contribution is 2.17. The molecule has 6 nitrogen and oxygen atoms in total. The molecule has 0 aliphatic rings. The standard InChI is InChI=1S/C64H116O6/c1-4-7-10-13-16-19-22-25-28-30-32-34-36-39-42-45-48-51-54-57-63(66)69-60-61(59-68-62(65)56-53-50-47-44-41-38-27-24-21-18-15-12-9-6-3)70-64(67)58-55-52-49-46-43-40-37-35-33-31-29-26-23-20-17-14-11-8-5-2/h9,12,18,21,27,30,32,38,61H,4-8,10-11,13-17,19-20,22-26,28-29,31,33-37,39-60H2,1-3H3/b12-9-,21-18-,32-30-,38-27-. The summed E-state index contributed by atoms with van der Waals surface area (Å²) in [4.78, 5) is 38.2. The van der Waals surface area contributed by atoms with Crippen LogP contribution in [0, 0.1) is 0 Å². The van der Waals surface area contributed by atoms with Crippen LogP contribution in [-0.4, -0.2) is 37.2 Å². The van der Waals surface area contributed by atoms with Gasteiger partial charge in [0.25, 0.3) is 0 Å². The molecule has 0 saturated heterocycles. The molecule has 0 amide bonds. The molecule has 0 aromatic carbocycles. The Morgan fingerprint density at radius 3 is 0.886 bits per heavy atom. The van der Waals surface area contributed by atoms with Gasteiger partial charge in [-0.05, 0) is 77.0 Å². The molecule has 1 unspecified atom stereocenters. The molecule has 0 radical (unpaired) electrons. The van der Waals surface area contributed by atoms with Crippen LogP contribution in [0.1, 0.15) is 323 Å². The van der Waals surface area contributed by atoms with Gasteiger partial charge in [-0.1, -0.05) is 275 Å². The van der Waals surface area contributed by atoms with Gasteiger partial charge in [0.05, 0.1) is 0 Å². The number of rotatable bonds is 56. The van der Waals surface area contributed by atoms with E-state index in [2.05, 4.69) is 69.4 Å². The number of esters is 3. The largest absolute Gasteiger partial charge is 0.462 e. The first-order valence-corrected chi connectivity index (χ1v) is 30.6. The summed E-state index contributed by atoms with van der Waals surface area (Å²) in [5, 5.41) is 0. The molecule has 0 heterocycles. The smallest absolute Gasteiger partial charge is 0.306 e. The summed E-state index contributed by atoms with van der Waals surface area (Å²) in [5.41, 5.74) is 0. The fourth-order valence-electron chi connectivity index (χ4n) is 8.98. The van der Waals surface area contributed by atoms with Gasteiger partial charge in [0.15, 0.2) is 6.10 Å². The van der Waals surface area contributed by atoms with E-state index in [0.29, 0.717) is 19.3 Å². The molecule has 0 N–H and O–H groups in total. The second-order valence-electron chi connectivity index (χ2n) is 20.6. The van der Waals surface area contributed by atoms with Crippen LogP contribution in [0.5, 0.6) is 0 Å². The molecule has 0 rings (SSSR count). The second-order valence-corrected chi connectivity index (χ2v) is 20.6. The second kappa shape index (κ2) is 58.9. The van der Waals surface area contributed by atoms with Crippen LogP contribution >= 0.6 is 0 Å². The third kappa shape index (κ3) is 56.3. The van der Waals surface area contributed by atoms with Crippen LogP contribution in [0.2, 0.25) is 0 Å². The molecule has 6 heteroatoms. The van der Waals surface area contributed by atoms with Crippen LogP contribution in [0.3, 0.4) is 0 Å². The molecular weight excluding hydrogens is 865 g/mol. The normalized spacial score (nSPS) is 12.3. The lowest BCUT2D eigenvalue weighted by Crippen LogP contribution is -2.30. The third-order valence-corrected chi connectivity index (χ3v) is 13.6. The maximum atomic E-state index is 12.9. The lowest BCUT2D eigenvalue weighted by molar-refractivity contribution is -0.167. The van der Waals surface area contributed by atoms with Gasteiger partial charge in [-0.2, -0.15) is 0 Å². The Morgan fingerprint density at radius 2 is 0.557 bits per heavy atom. The quantitative estimate of drug-likeness (QED) is 0.0261. The van der Waals surface area contributed by atoms with Crippen molar-refractivity contribution in [1.82, 2.24) is 0 Å². The first-order valence-electron chi connectivity index (χ1n) is 30.6. The van der Waals surface area contributed by atoms with Gasteiger partial charge in [-0.25, -0.2) is 0 Å². The van der Waals surface area contributed by atoms with Gasteiger partial charge < -0.3 is 14.2 Å². The van der Waals surface area contributed by atoms with Crippen molar-refractivity contribution in [2.45, 2.75) is 329 Å². The molecule has 70 heavy (non-hydrogen) atoms.